The normalized spacial score (nSPS) is 10.4. The van der Waals surface area contributed by atoms with Gasteiger partial charge in [-0.25, -0.2) is 9.78 Å². The number of aromatic carboxylic acids is 1. The first kappa shape index (κ1) is 13.0. The molecule has 2 rings (SSSR count). The summed E-state index contributed by atoms with van der Waals surface area (Å²) in [4.78, 5) is 15.4. The molecule has 0 aliphatic carbocycles. The Kier molecular flexibility index (Phi) is 3.68. The van der Waals surface area contributed by atoms with Gasteiger partial charge in [-0.1, -0.05) is 0 Å². The Morgan fingerprint density at radius 2 is 2.22 bits per heavy atom. The molecule has 0 bridgehead atoms. The molecule has 0 aliphatic heterocycles. The van der Waals surface area contributed by atoms with Gasteiger partial charge in [-0.2, -0.15) is 0 Å². The van der Waals surface area contributed by atoms with E-state index in [1.165, 1.54) is 0 Å². The zero-order chi connectivity index (χ0) is 13.3. The maximum Gasteiger partial charge on any atom is 0.348 e. The molecule has 0 unspecified atom stereocenters. The first-order valence-corrected chi connectivity index (χ1v) is 6.68. The number of hydrogen-bond donors (Lipinski definition) is 1. The molecule has 1 aromatic heterocycles. The summed E-state index contributed by atoms with van der Waals surface area (Å²) in [5, 5.41) is 9.65. The van der Waals surface area contributed by atoms with E-state index < -0.39 is 5.97 Å². The van der Waals surface area contributed by atoms with Crippen LogP contribution in [0.2, 0.25) is 0 Å². The molecule has 18 heavy (non-hydrogen) atoms. The van der Waals surface area contributed by atoms with Gasteiger partial charge in [-0.05, 0) is 46.6 Å². The van der Waals surface area contributed by atoms with Crippen molar-refractivity contribution in [2.24, 2.45) is 0 Å². The van der Waals surface area contributed by atoms with Gasteiger partial charge in [0.05, 0.1) is 7.11 Å². The number of hydrogen-bond acceptors (Lipinski definition) is 4. The van der Waals surface area contributed by atoms with E-state index in [2.05, 4.69) is 20.9 Å². The second-order valence-electron chi connectivity index (χ2n) is 3.63. The SMILES string of the molecule is COc1ccc(-c2nc(Br)c(C(=O)O)s2)cc1C. The Hall–Kier alpha value is -1.40. The van der Waals surface area contributed by atoms with Gasteiger partial charge in [-0.3, -0.25) is 0 Å². The van der Waals surface area contributed by atoms with Crippen LogP contribution in [0.4, 0.5) is 0 Å². The van der Waals surface area contributed by atoms with Crippen LogP contribution in [0.3, 0.4) is 0 Å². The summed E-state index contributed by atoms with van der Waals surface area (Å²) in [6.07, 6.45) is 0. The summed E-state index contributed by atoms with van der Waals surface area (Å²) in [6, 6.07) is 5.64. The lowest BCUT2D eigenvalue weighted by Crippen LogP contribution is -1.91. The van der Waals surface area contributed by atoms with E-state index in [4.69, 9.17) is 9.84 Å². The van der Waals surface area contributed by atoms with Crippen LogP contribution < -0.4 is 4.74 Å². The van der Waals surface area contributed by atoms with Gasteiger partial charge < -0.3 is 9.84 Å². The topological polar surface area (TPSA) is 59.4 Å². The molecule has 4 nitrogen and oxygen atoms in total. The number of carboxylic acid groups (broad SMARTS) is 1. The van der Waals surface area contributed by atoms with E-state index in [1.54, 1.807) is 7.11 Å². The summed E-state index contributed by atoms with van der Waals surface area (Å²) < 4.78 is 5.55. The van der Waals surface area contributed by atoms with E-state index in [0.717, 1.165) is 28.2 Å². The lowest BCUT2D eigenvalue weighted by Gasteiger charge is -2.05. The van der Waals surface area contributed by atoms with Crippen LogP contribution in [-0.2, 0) is 0 Å². The molecule has 0 amide bonds. The number of ether oxygens (including phenoxy) is 1. The molecule has 2 aromatic rings. The first-order valence-electron chi connectivity index (χ1n) is 5.07. The molecule has 0 radical (unpaired) electrons. The third-order valence-electron chi connectivity index (χ3n) is 2.42. The van der Waals surface area contributed by atoms with Gasteiger partial charge in [0.25, 0.3) is 0 Å². The molecule has 0 saturated heterocycles. The Balaban J connectivity index is 2.46. The van der Waals surface area contributed by atoms with Crippen LogP contribution in [0, 0.1) is 6.92 Å². The minimum Gasteiger partial charge on any atom is -0.496 e. The molecule has 1 aromatic carbocycles. The largest absolute Gasteiger partial charge is 0.496 e. The van der Waals surface area contributed by atoms with Crippen molar-refractivity contribution in [2.45, 2.75) is 6.92 Å². The molecule has 1 heterocycles. The van der Waals surface area contributed by atoms with Gasteiger partial charge in [0.1, 0.15) is 20.2 Å². The molecular formula is C12H10BrNO3S. The van der Waals surface area contributed by atoms with Crippen molar-refractivity contribution >= 4 is 33.2 Å². The maximum atomic E-state index is 11.0. The van der Waals surface area contributed by atoms with Crippen LogP contribution in [0.1, 0.15) is 15.2 Å². The van der Waals surface area contributed by atoms with Gasteiger partial charge in [0.2, 0.25) is 0 Å². The van der Waals surface area contributed by atoms with Crippen LogP contribution in [-0.4, -0.2) is 23.2 Å². The number of halogens is 1. The number of thiazole rings is 1. The summed E-state index contributed by atoms with van der Waals surface area (Å²) in [7, 11) is 1.62. The molecule has 94 valence electrons. The standard InChI is InChI=1S/C12H10BrNO3S/c1-6-5-7(3-4-8(6)17-2)11-14-10(13)9(18-11)12(15)16/h3-5H,1-2H3,(H,15,16). The Morgan fingerprint density at radius 3 is 2.72 bits per heavy atom. The number of methoxy groups -OCH3 is 1. The highest BCUT2D eigenvalue weighted by atomic mass is 79.9. The Labute approximate surface area is 116 Å². The number of aromatic nitrogens is 1. The van der Waals surface area contributed by atoms with Crippen molar-refractivity contribution in [3.05, 3.63) is 33.2 Å². The van der Waals surface area contributed by atoms with Gasteiger partial charge in [-0.15, -0.1) is 11.3 Å². The lowest BCUT2D eigenvalue weighted by atomic mass is 10.1. The van der Waals surface area contributed by atoms with Gasteiger partial charge >= 0.3 is 5.97 Å². The summed E-state index contributed by atoms with van der Waals surface area (Å²) in [5.41, 5.74) is 1.87. The van der Waals surface area contributed by atoms with E-state index in [9.17, 15) is 4.79 Å². The number of carbonyl (C=O) groups is 1. The summed E-state index contributed by atoms with van der Waals surface area (Å²) >= 11 is 4.30. The highest BCUT2D eigenvalue weighted by Gasteiger charge is 2.16. The highest BCUT2D eigenvalue weighted by Crippen LogP contribution is 2.33. The lowest BCUT2D eigenvalue weighted by molar-refractivity contribution is 0.0701. The second kappa shape index (κ2) is 5.07. The minimum atomic E-state index is -0.976. The number of nitrogens with zero attached hydrogens (tertiary/aromatic N) is 1. The van der Waals surface area contributed by atoms with Crippen LogP contribution in [0.5, 0.6) is 5.75 Å². The van der Waals surface area contributed by atoms with Crippen molar-refractivity contribution < 1.29 is 14.6 Å². The number of carboxylic acids is 1. The van der Waals surface area contributed by atoms with Crippen LogP contribution in [0.25, 0.3) is 10.6 Å². The third-order valence-corrected chi connectivity index (χ3v) is 4.35. The quantitative estimate of drug-likeness (QED) is 0.935. The fourth-order valence-corrected chi connectivity index (χ4v) is 3.07. The molecule has 0 fully saturated rings. The van der Waals surface area contributed by atoms with E-state index in [-0.39, 0.29) is 4.88 Å². The first-order chi connectivity index (χ1) is 8.52. The second-order valence-corrected chi connectivity index (χ2v) is 5.38. The molecule has 0 aliphatic rings. The van der Waals surface area contributed by atoms with E-state index in [0.29, 0.717) is 9.61 Å². The van der Waals surface area contributed by atoms with Crippen molar-refractivity contribution in [2.75, 3.05) is 7.11 Å². The molecule has 6 heteroatoms. The van der Waals surface area contributed by atoms with E-state index in [1.807, 2.05) is 25.1 Å². The third kappa shape index (κ3) is 2.39. The predicted molar refractivity (Wildman–Crippen MR) is 73.5 cm³/mol. The molecular weight excluding hydrogens is 318 g/mol. The molecule has 0 atom stereocenters. The van der Waals surface area contributed by atoms with Crippen LogP contribution >= 0.6 is 27.3 Å². The molecule has 1 N–H and O–H groups in total. The van der Waals surface area contributed by atoms with E-state index >= 15 is 0 Å². The van der Waals surface area contributed by atoms with Gasteiger partial charge in [0.15, 0.2) is 0 Å². The average molecular weight is 328 g/mol. The minimum absolute atomic E-state index is 0.207. The van der Waals surface area contributed by atoms with Crippen molar-refractivity contribution in [1.82, 2.24) is 4.98 Å². The maximum absolute atomic E-state index is 11.0. The number of rotatable bonds is 3. The average Bonchev–Trinajstić information content (AvgIpc) is 2.71. The zero-order valence-corrected chi connectivity index (χ0v) is 12.1. The van der Waals surface area contributed by atoms with Gasteiger partial charge in [0, 0.05) is 5.56 Å². The predicted octanol–water partition coefficient (Wildman–Crippen LogP) is 3.59. The highest BCUT2D eigenvalue weighted by molar-refractivity contribution is 9.10. The van der Waals surface area contributed by atoms with Crippen molar-refractivity contribution in [3.8, 4) is 16.3 Å². The summed E-state index contributed by atoms with van der Waals surface area (Å²) in [5.74, 6) is -0.177. The monoisotopic (exact) mass is 327 g/mol. The van der Waals surface area contributed by atoms with Crippen molar-refractivity contribution in [1.29, 1.82) is 0 Å². The summed E-state index contributed by atoms with van der Waals surface area (Å²) in [6.45, 7) is 1.93. The smallest absolute Gasteiger partial charge is 0.348 e. The Morgan fingerprint density at radius 1 is 1.50 bits per heavy atom. The molecule has 0 saturated carbocycles. The zero-order valence-electron chi connectivity index (χ0n) is 9.73. The van der Waals surface area contributed by atoms with Crippen molar-refractivity contribution in [3.63, 3.8) is 0 Å². The fraction of sp³-hybridized carbons (Fsp3) is 0.167. The van der Waals surface area contributed by atoms with Crippen LogP contribution in [0.15, 0.2) is 22.8 Å². The molecule has 0 spiro atoms. The number of aryl methyl sites for hydroxylation is 1. The Bertz CT molecular complexity index is 609. The fourth-order valence-electron chi connectivity index (χ4n) is 1.57. The number of benzene rings is 1.